The summed E-state index contributed by atoms with van der Waals surface area (Å²) >= 11 is 6.12. The van der Waals surface area contributed by atoms with E-state index in [9.17, 15) is 0 Å². The molecule has 6 heterocycles. The SMILES string of the molecule is Cc1ccc2c(c1)B1c3cc(C(C)C)c4c5c3N3c6c(cc(C(C)C)c(c61)S2)B1c2cc(C)ccc2Sc2c(C(C)C)cc(c3c21)B5c1cc(C)ccc1S4. The molecule has 0 aromatic heterocycles. The van der Waals surface area contributed by atoms with Crippen LogP contribution in [0, 0.1) is 20.8 Å². The minimum absolute atomic E-state index is 0.185. The quantitative estimate of drug-likeness (QED) is 0.174. The molecule has 0 saturated heterocycles. The number of fused-ring (bicyclic) bond motifs is 9. The fourth-order valence-corrected chi connectivity index (χ4v) is 15.2. The number of hydrogen-bond acceptors (Lipinski definition) is 4. The molecule has 0 fully saturated rings. The summed E-state index contributed by atoms with van der Waals surface area (Å²) in [4.78, 5) is 11.6. The van der Waals surface area contributed by atoms with Gasteiger partial charge in [0.1, 0.15) is 0 Å². The van der Waals surface area contributed by atoms with Gasteiger partial charge in [-0.2, -0.15) is 0 Å². The highest BCUT2D eigenvalue weighted by Gasteiger charge is 2.55. The lowest BCUT2D eigenvalue weighted by molar-refractivity contribution is 0.842. The minimum atomic E-state index is 0.185. The van der Waals surface area contributed by atoms with Gasteiger partial charge < -0.3 is 4.90 Å². The fraction of sp³-hybridized carbons (Fsp3) is 0.250. The van der Waals surface area contributed by atoms with Gasteiger partial charge >= 0.3 is 0 Å². The molecule has 266 valence electrons. The van der Waals surface area contributed by atoms with Gasteiger partial charge in [0.25, 0.3) is 0 Å². The van der Waals surface area contributed by atoms with Gasteiger partial charge in [-0.1, -0.05) is 165 Å². The number of benzene rings is 6. The second-order valence-electron chi connectivity index (χ2n) is 18.0. The Morgan fingerprint density at radius 2 is 0.691 bits per heavy atom. The van der Waals surface area contributed by atoms with Crippen LogP contribution in [0.1, 0.15) is 92.7 Å². The van der Waals surface area contributed by atoms with Crippen LogP contribution in [0.3, 0.4) is 0 Å². The topological polar surface area (TPSA) is 3.24 Å². The van der Waals surface area contributed by atoms with Crippen molar-refractivity contribution < 1.29 is 0 Å². The van der Waals surface area contributed by atoms with Gasteiger partial charge in [-0.25, -0.2) is 0 Å². The summed E-state index contributed by atoms with van der Waals surface area (Å²) in [6.07, 6.45) is 0. The Hall–Kier alpha value is -3.64. The number of aryl methyl sites for hydroxylation is 3. The zero-order valence-electron chi connectivity index (χ0n) is 33.1. The van der Waals surface area contributed by atoms with E-state index >= 15 is 0 Å². The molecule has 7 heteroatoms. The van der Waals surface area contributed by atoms with E-state index < -0.39 is 0 Å². The monoisotopic (exact) mass is 761 g/mol. The predicted molar refractivity (Wildman–Crippen MR) is 243 cm³/mol. The summed E-state index contributed by atoms with van der Waals surface area (Å²) in [5.41, 5.74) is 26.7. The first-order valence-electron chi connectivity index (χ1n) is 20.3. The average molecular weight is 762 g/mol. The maximum Gasteiger partial charge on any atom is 0.249 e. The third kappa shape index (κ3) is 4.21. The highest BCUT2D eigenvalue weighted by atomic mass is 32.2. The zero-order chi connectivity index (χ0) is 37.5. The standard InChI is InChI=1S/C48H42B3NS3/c1-22(2)28-19-34-43-40-46(28)53-37-13-10-25(7)16-31(37)50(40)35-20-29(23(3)4)48-42-44(35)52(43)45-36(51(42)33-18-27(9)12-15-39(33)55-48)21-30(24(5)6)47-41(45)49(34)32-17-26(8)11-14-38(32)54-47/h10-24H,1-9H3. The Balaban J connectivity index is 1.33. The number of rotatable bonds is 3. The largest absolute Gasteiger partial charge is 0.313 e. The molecule has 0 N–H and O–H groups in total. The second-order valence-corrected chi connectivity index (χ2v) is 21.1. The van der Waals surface area contributed by atoms with Gasteiger partial charge in [-0.15, -0.1) is 0 Å². The van der Waals surface area contributed by atoms with E-state index in [1.165, 1.54) is 113 Å². The number of anilines is 3. The molecule has 1 nitrogen and oxygen atoms in total. The lowest BCUT2D eigenvalue weighted by Gasteiger charge is -2.53. The summed E-state index contributed by atoms with van der Waals surface area (Å²) in [7, 11) is 0. The third-order valence-corrected chi connectivity index (χ3v) is 17.2. The molecule has 6 aromatic carbocycles. The Bertz CT molecular complexity index is 2500. The van der Waals surface area contributed by atoms with E-state index in [1.807, 2.05) is 35.3 Å². The maximum absolute atomic E-state index is 2.86. The highest BCUT2D eigenvalue weighted by Crippen LogP contribution is 2.51. The first kappa shape index (κ1) is 33.5. The fourth-order valence-electron chi connectivity index (χ4n) is 11.1. The average Bonchev–Trinajstić information content (AvgIpc) is 3.15. The van der Waals surface area contributed by atoms with Crippen LogP contribution in [-0.4, -0.2) is 20.1 Å². The van der Waals surface area contributed by atoms with Crippen LogP contribution in [0.5, 0.6) is 0 Å². The van der Waals surface area contributed by atoms with E-state index in [0.717, 1.165) is 0 Å². The lowest BCUT2D eigenvalue weighted by Crippen LogP contribution is -2.73. The molecular weight excluding hydrogens is 719 g/mol. The van der Waals surface area contributed by atoms with E-state index in [1.54, 1.807) is 16.4 Å². The van der Waals surface area contributed by atoms with E-state index in [0.29, 0.717) is 17.8 Å². The maximum atomic E-state index is 2.86. The first-order valence-corrected chi connectivity index (χ1v) is 22.7. The molecule has 0 aliphatic carbocycles. The minimum Gasteiger partial charge on any atom is -0.313 e. The molecule has 12 rings (SSSR count). The molecule has 6 aliphatic heterocycles. The highest BCUT2D eigenvalue weighted by molar-refractivity contribution is 8.00. The Morgan fingerprint density at radius 3 is 0.964 bits per heavy atom. The second kappa shape index (κ2) is 11.3. The van der Waals surface area contributed by atoms with Crippen molar-refractivity contribution in [1.82, 2.24) is 0 Å². The molecule has 0 spiro atoms. The molecule has 6 aromatic rings. The predicted octanol–water partition coefficient (Wildman–Crippen LogP) is 7.33. The first-order chi connectivity index (χ1) is 26.5. The van der Waals surface area contributed by atoms with Gasteiger partial charge in [-0.05, 0) is 106 Å². The van der Waals surface area contributed by atoms with Crippen molar-refractivity contribution in [1.29, 1.82) is 0 Å². The van der Waals surface area contributed by atoms with Crippen molar-refractivity contribution in [3.8, 4) is 0 Å². The van der Waals surface area contributed by atoms with Crippen LogP contribution in [0.25, 0.3) is 0 Å². The van der Waals surface area contributed by atoms with E-state index in [4.69, 9.17) is 0 Å². The van der Waals surface area contributed by atoms with Crippen LogP contribution in [-0.2, 0) is 0 Å². The summed E-state index contributed by atoms with van der Waals surface area (Å²) in [6.45, 7) is 21.9. The summed E-state index contributed by atoms with van der Waals surface area (Å²) in [6, 6.07) is 29.9. The van der Waals surface area contributed by atoms with Crippen molar-refractivity contribution in [2.75, 3.05) is 4.90 Å². The van der Waals surface area contributed by atoms with Crippen molar-refractivity contribution >= 4 is 122 Å². The summed E-state index contributed by atoms with van der Waals surface area (Å²) in [5.74, 6) is 1.22. The molecular formula is C48H42B3NS3. The van der Waals surface area contributed by atoms with Crippen molar-refractivity contribution in [2.24, 2.45) is 0 Å². The molecule has 6 aliphatic rings. The summed E-state index contributed by atoms with van der Waals surface area (Å²) < 4.78 is 0. The Morgan fingerprint density at radius 1 is 0.400 bits per heavy atom. The summed E-state index contributed by atoms with van der Waals surface area (Å²) in [5, 5.41) is 0. The molecule has 55 heavy (non-hydrogen) atoms. The smallest absolute Gasteiger partial charge is 0.249 e. The van der Waals surface area contributed by atoms with E-state index in [-0.39, 0.29) is 20.1 Å². The lowest BCUT2D eigenvalue weighted by atomic mass is 9.26. The molecule has 0 unspecified atom stereocenters. The third-order valence-electron chi connectivity index (χ3n) is 13.4. The van der Waals surface area contributed by atoms with Crippen LogP contribution in [0.15, 0.2) is 102 Å². The van der Waals surface area contributed by atoms with Crippen molar-refractivity contribution in [3.05, 3.63) is 106 Å². The van der Waals surface area contributed by atoms with Crippen molar-refractivity contribution in [2.45, 2.75) is 109 Å². The van der Waals surface area contributed by atoms with Crippen molar-refractivity contribution in [3.63, 3.8) is 0 Å². The van der Waals surface area contributed by atoms with Gasteiger partial charge in [0.2, 0.25) is 20.1 Å². The molecule has 0 saturated carbocycles. The van der Waals surface area contributed by atoms with Crippen LogP contribution in [0.4, 0.5) is 17.1 Å². The number of nitrogens with zero attached hydrogens (tertiary/aromatic N) is 1. The molecule has 0 atom stereocenters. The Kier molecular flexibility index (Phi) is 6.86. The van der Waals surface area contributed by atoms with Crippen LogP contribution in [0.2, 0.25) is 0 Å². The van der Waals surface area contributed by atoms with Gasteiger partial charge in [-0.3, -0.25) is 0 Å². The zero-order valence-corrected chi connectivity index (χ0v) is 35.5. The van der Waals surface area contributed by atoms with Gasteiger partial charge in [0, 0.05) is 46.4 Å². The van der Waals surface area contributed by atoms with Gasteiger partial charge in [0.05, 0.1) is 0 Å². The number of hydrogen-bond donors (Lipinski definition) is 0. The van der Waals surface area contributed by atoms with Crippen LogP contribution >= 0.6 is 35.3 Å². The Labute approximate surface area is 340 Å². The molecule has 0 bridgehead atoms. The van der Waals surface area contributed by atoms with E-state index in [2.05, 4.69) is 140 Å². The molecule has 0 amide bonds. The van der Waals surface area contributed by atoms with Crippen LogP contribution < -0.4 is 54.1 Å². The normalized spacial score (nSPS) is 15.5. The molecule has 0 radical (unpaired) electrons. The van der Waals surface area contributed by atoms with Gasteiger partial charge in [0.15, 0.2) is 0 Å².